The second-order valence-electron chi connectivity index (χ2n) is 7.20. The van der Waals surface area contributed by atoms with Gasteiger partial charge in [-0.15, -0.1) is 12.4 Å². The number of aliphatic hydroxyl groups is 1. The lowest BCUT2D eigenvalue weighted by molar-refractivity contribution is 0.174. The number of hydrogen-bond donors (Lipinski definition) is 2. The Morgan fingerprint density at radius 3 is 2.35 bits per heavy atom. The Labute approximate surface area is 187 Å². The number of nitrogens with one attached hydrogen (secondary N) is 1. The molecule has 0 aliphatic carbocycles. The molecule has 0 aliphatic rings. The van der Waals surface area contributed by atoms with Gasteiger partial charge in [-0.3, -0.25) is 0 Å². The lowest BCUT2D eigenvalue weighted by Gasteiger charge is -2.17. The van der Waals surface area contributed by atoms with Crippen molar-refractivity contribution in [3.8, 4) is 5.75 Å². The first-order valence-electron chi connectivity index (χ1n) is 10.0. The van der Waals surface area contributed by atoms with Crippen LogP contribution in [-0.2, 0) is 13.2 Å². The van der Waals surface area contributed by atoms with Crippen LogP contribution in [0.1, 0.15) is 22.8 Å². The molecular weight excluding hydrogens is 413 g/mol. The highest BCUT2D eigenvalue weighted by Crippen LogP contribution is 2.29. The van der Waals surface area contributed by atoms with Crippen molar-refractivity contribution in [2.45, 2.75) is 19.3 Å². The summed E-state index contributed by atoms with van der Waals surface area (Å²) in [5, 5.41) is 15.9. The molecule has 1 atom stereocenters. The number of ether oxygens (including phenoxy) is 1. The van der Waals surface area contributed by atoms with E-state index >= 15 is 0 Å². The van der Waals surface area contributed by atoms with Gasteiger partial charge in [0.25, 0.3) is 0 Å². The standard InChI is InChI=1S/C26H24FNO2.ClH/c27-24-13-7-5-11-21(24)18-30-26-15-14-19-8-4-6-12-22(19)23(26)16-28-17-25(29)20-9-2-1-3-10-20;/h1-15,25,28-29H,16-18H2;1H. The van der Waals surface area contributed by atoms with E-state index in [0.717, 1.165) is 21.9 Å². The van der Waals surface area contributed by atoms with Crippen LogP contribution < -0.4 is 10.1 Å². The predicted octanol–water partition coefficient (Wildman–Crippen LogP) is 5.80. The van der Waals surface area contributed by atoms with Gasteiger partial charge in [0.05, 0.1) is 6.10 Å². The summed E-state index contributed by atoms with van der Waals surface area (Å²) >= 11 is 0. The van der Waals surface area contributed by atoms with Crippen molar-refractivity contribution in [1.29, 1.82) is 0 Å². The van der Waals surface area contributed by atoms with Crippen molar-refractivity contribution in [3.63, 3.8) is 0 Å². The van der Waals surface area contributed by atoms with Gasteiger partial charge in [0.2, 0.25) is 0 Å². The maximum atomic E-state index is 14.0. The first kappa shape index (κ1) is 22.8. The maximum absolute atomic E-state index is 14.0. The monoisotopic (exact) mass is 437 g/mol. The van der Waals surface area contributed by atoms with Gasteiger partial charge in [0, 0.05) is 24.2 Å². The summed E-state index contributed by atoms with van der Waals surface area (Å²) in [6.45, 7) is 1.10. The molecule has 0 saturated carbocycles. The zero-order valence-electron chi connectivity index (χ0n) is 17.0. The Morgan fingerprint density at radius 1 is 0.839 bits per heavy atom. The number of fused-ring (bicyclic) bond motifs is 1. The molecule has 160 valence electrons. The first-order chi connectivity index (χ1) is 14.7. The summed E-state index contributed by atoms with van der Waals surface area (Å²) < 4.78 is 20.0. The van der Waals surface area contributed by atoms with Crippen molar-refractivity contribution < 1.29 is 14.2 Å². The third kappa shape index (κ3) is 5.61. The summed E-state index contributed by atoms with van der Waals surface area (Å²) in [6, 6.07) is 28.2. The van der Waals surface area contributed by atoms with E-state index in [1.165, 1.54) is 6.07 Å². The van der Waals surface area contributed by atoms with Gasteiger partial charge in [-0.1, -0.05) is 78.9 Å². The Bertz CT molecular complexity index is 1120. The molecule has 0 bridgehead atoms. The van der Waals surface area contributed by atoms with Crippen LogP contribution in [0, 0.1) is 5.82 Å². The Hall–Kier alpha value is -2.92. The molecule has 5 heteroatoms. The molecule has 2 N–H and O–H groups in total. The molecule has 4 aromatic carbocycles. The van der Waals surface area contributed by atoms with E-state index in [1.807, 2.05) is 54.6 Å². The van der Waals surface area contributed by atoms with Crippen LogP contribution in [0.2, 0.25) is 0 Å². The van der Waals surface area contributed by atoms with Crippen LogP contribution in [-0.4, -0.2) is 11.7 Å². The van der Waals surface area contributed by atoms with Crippen molar-refractivity contribution >= 4 is 23.2 Å². The normalized spacial score (nSPS) is 11.7. The molecule has 31 heavy (non-hydrogen) atoms. The highest BCUT2D eigenvalue weighted by atomic mass is 35.5. The molecule has 3 nitrogen and oxygen atoms in total. The van der Waals surface area contributed by atoms with E-state index in [4.69, 9.17) is 4.74 Å². The minimum atomic E-state index is -0.594. The second kappa shape index (κ2) is 10.9. The summed E-state index contributed by atoms with van der Waals surface area (Å²) in [7, 11) is 0. The lowest BCUT2D eigenvalue weighted by Crippen LogP contribution is -2.21. The third-order valence-electron chi connectivity index (χ3n) is 5.16. The highest BCUT2D eigenvalue weighted by molar-refractivity contribution is 5.87. The zero-order chi connectivity index (χ0) is 20.8. The van der Waals surface area contributed by atoms with Crippen LogP contribution in [0.15, 0.2) is 91.0 Å². The van der Waals surface area contributed by atoms with Gasteiger partial charge in [0.1, 0.15) is 18.2 Å². The van der Waals surface area contributed by atoms with Crippen LogP contribution in [0.3, 0.4) is 0 Å². The molecule has 0 heterocycles. The van der Waals surface area contributed by atoms with Crippen molar-refractivity contribution in [3.05, 3.63) is 114 Å². The zero-order valence-corrected chi connectivity index (χ0v) is 17.8. The SMILES string of the molecule is Cl.OC(CNCc1c(OCc2ccccc2F)ccc2ccccc12)c1ccccc1. The molecule has 0 radical (unpaired) electrons. The third-order valence-corrected chi connectivity index (χ3v) is 5.16. The van der Waals surface area contributed by atoms with Gasteiger partial charge in [-0.25, -0.2) is 4.39 Å². The smallest absolute Gasteiger partial charge is 0.129 e. The van der Waals surface area contributed by atoms with E-state index in [9.17, 15) is 9.50 Å². The number of hydrogen-bond acceptors (Lipinski definition) is 3. The van der Waals surface area contributed by atoms with E-state index in [1.54, 1.807) is 18.2 Å². The van der Waals surface area contributed by atoms with Gasteiger partial charge < -0.3 is 15.2 Å². The predicted molar refractivity (Wildman–Crippen MR) is 125 cm³/mol. The Balaban J connectivity index is 0.00000272. The number of benzene rings is 4. The van der Waals surface area contributed by atoms with E-state index < -0.39 is 6.10 Å². The average Bonchev–Trinajstić information content (AvgIpc) is 2.79. The summed E-state index contributed by atoms with van der Waals surface area (Å²) in [6.07, 6.45) is -0.594. The van der Waals surface area contributed by atoms with Crippen LogP contribution >= 0.6 is 12.4 Å². The van der Waals surface area contributed by atoms with E-state index in [-0.39, 0.29) is 24.8 Å². The topological polar surface area (TPSA) is 41.5 Å². The number of halogens is 2. The lowest BCUT2D eigenvalue weighted by atomic mass is 10.0. The second-order valence-corrected chi connectivity index (χ2v) is 7.20. The van der Waals surface area contributed by atoms with Crippen molar-refractivity contribution in [2.75, 3.05) is 6.54 Å². The molecule has 0 fully saturated rings. The van der Waals surface area contributed by atoms with Crippen molar-refractivity contribution in [1.82, 2.24) is 5.32 Å². The fourth-order valence-electron chi connectivity index (χ4n) is 3.53. The van der Waals surface area contributed by atoms with Gasteiger partial charge >= 0.3 is 0 Å². The average molecular weight is 438 g/mol. The minimum absolute atomic E-state index is 0. The highest BCUT2D eigenvalue weighted by Gasteiger charge is 2.12. The molecule has 0 saturated heterocycles. The molecule has 1 unspecified atom stereocenters. The maximum Gasteiger partial charge on any atom is 0.129 e. The fourth-order valence-corrected chi connectivity index (χ4v) is 3.53. The number of aliphatic hydroxyl groups excluding tert-OH is 1. The van der Waals surface area contributed by atoms with Gasteiger partial charge in [-0.05, 0) is 28.5 Å². The van der Waals surface area contributed by atoms with Gasteiger partial charge in [-0.2, -0.15) is 0 Å². The fraction of sp³-hybridized carbons (Fsp3) is 0.154. The molecule has 4 rings (SSSR count). The summed E-state index contributed by atoms with van der Waals surface area (Å²) in [5.41, 5.74) is 2.38. The first-order valence-corrected chi connectivity index (χ1v) is 10.0. The molecule has 0 amide bonds. The summed E-state index contributed by atoms with van der Waals surface area (Å²) in [5.74, 6) is 0.433. The molecular formula is C26H25ClFNO2. The van der Waals surface area contributed by atoms with Crippen LogP contribution in [0.25, 0.3) is 10.8 Å². The van der Waals surface area contributed by atoms with E-state index in [0.29, 0.717) is 24.4 Å². The molecule has 0 aromatic heterocycles. The molecule has 0 spiro atoms. The Kier molecular flexibility index (Phi) is 8.01. The van der Waals surface area contributed by atoms with Gasteiger partial charge in [0.15, 0.2) is 0 Å². The number of rotatable bonds is 8. The summed E-state index contributed by atoms with van der Waals surface area (Å²) in [4.78, 5) is 0. The van der Waals surface area contributed by atoms with Crippen molar-refractivity contribution in [2.24, 2.45) is 0 Å². The van der Waals surface area contributed by atoms with E-state index in [2.05, 4.69) is 17.4 Å². The molecule has 4 aromatic rings. The Morgan fingerprint density at radius 2 is 1.55 bits per heavy atom. The largest absolute Gasteiger partial charge is 0.488 e. The van der Waals surface area contributed by atoms with Crippen LogP contribution in [0.5, 0.6) is 5.75 Å². The minimum Gasteiger partial charge on any atom is -0.488 e. The van der Waals surface area contributed by atoms with Crippen LogP contribution in [0.4, 0.5) is 4.39 Å². The quantitative estimate of drug-likeness (QED) is 0.366. The molecule has 0 aliphatic heterocycles.